The maximum absolute atomic E-state index is 12.7. The van der Waals surface area contributed by atoms with Crippen molar-refractivity contribution in [1.82, 2.24) is 5.32 Å². The van der Waals surface area contributed by atoms with Gasteiger partial charge in [0.25, 0.3) is 0 Å². The summed E-state index contributed by atoms with van der Waals surface area (Å²) < 4.78 is 93.9. The fourth-order valence-electron chi connectivity index (χ4n) is 12.2. The van der Waals surface area contributed by atoms with Crippen molar-refractivity contribution in [3.63, 3.8) is 0 Å². The number of ether oxygens (including phenoxy) is 17. The Bertz CT molecular complexity index is 1620. The Hall–Kier alpha value is -2.16. The van der Waals surface area contributed by atoms with E-state index in [9.17, 15) is 9.59 Å². The van der Waals surface area contributed by atoms with Crippen LogP contribution in [0.4, 0.5) is 4.79 Å². The molecule has 0 radical (unpaired) electrons. The maximum Gasteiger partial charge on any atom is 0.407 e. The van der Waals surface area contributed by atoms with Crippen molar-refractivity contribution in [2.24, 2.45) is 40.4 Å². The second-order valence-corrected chi connectivity index (χ2v) is 22.9. The first-order valence-corrected chi connectivity index (χ1v) is 31.7. The first-order valence-electron chi connectivity index (χ1n) is 31.7. The molecular weight excluding hydrogens is 1080 g/mol. The molecule has 0 saturated heterocycles. The Kier molecular flexibility index (Phi) is 42.3. The van der Waals surface area contributed by atoms with Crippen molar-refractivity contribution in [1.29, 1.82) is 0 Å². The molecule has 0 aromatic carbocycles. The van der Waals surface area contributed by atoms with Gasteiger partial charge in [-0.25, -0.2) is 4.79 Å². The Balaban J connectivity index is 0.774. The zero-order chi connectivity index (χ0) is 59.2. The van der Waals surface area contributed by atoms with Crippen molar-refractivity contribution in [3.05, 3.63) is 11.6 Å². The number of carboxylic acid groups (broad SMARTS) is 1. The minimum Gasteiger partial charge on any atom is -0.481 e. The highest BCUT2D eigenvalue weighted by Crippen LogP contribution is 2.67. The van der Waals surface area contributed by atoms with Gasteiger partial charge in [0.15, 0.2) is 0 Å². The number of nitrogens with one attached hydrogen (secondary N) is 1. The van der Waals surface area contributed by atoms with E-state index in [1.165, 1.54) is 57.8 Å². The SMILES string of the molecule is CC(C)CCCCC1CCC2C3CC=C4CC(OC(=O)NCCOCCOCCOCCOCCOCCOCCOCCOCCOCCOCCOCCOCCOCCOCCOCCOCCC(=O)O)CCC4(C)C3CCC12C. The average molecular weight is 1190 g/mol. The van der Waals surface area contributed by atoms with Gasteiger partial charge in [-0.05, 0) is 91.8 Å². The molecule has 83 heavy (non-hydrogen) atoms. The summed E-state index contributed by atoms with van der Waals surface area (Å²) in [5.41, 5.74) is 2.32. The Morgan fingerprint density at radius 3 is 1.27 bits per heavy atom. The van der Waals surface area contributed by atoms with E-state index in [4.69, 9.17) is 85.6 Å². The number of unbranched alkanes of at least 4 members (excludes halogenated alkanes) is 1. The molecule has 2 N–H and O–H groups in total. The second kappa shape index (κ2) is 47.8. The molecule has 0 aliphatic heterocycles. The normalized spacial score (nSPS) is 23.0. The van der Waals surface area contributed by atoms with Crippen molar-refractivity contribution in [2.45, 2.75) is 117 Å². The Labute approximate surface area is 498 Å². The number of hydrogen-bond acceptors (Lipinski definition) is 19. The van der Waals surface area contributed by atoms with E-state index in [-0.39, 0.29) is 30.6 Å². The van der Waals surface area contributed by atoms with Gasteiger partial charge in [0.2, 0.25) is 0 Å². The van der Waals surface area contributed by atoms with E-state index in [0.29, 0.717) is 217 Å². The molecule has 3 saturated carbocycles. The summed E-state index contributed by atoms with van der Waals surface area (Å²) in [6, 6.07) is 0. The van der Waals surface area contributed by atoms with Crippen molar-refractivity contribution in [2.75, 3.05) is 218 Å². The summed E-state index contributed by atoms with van der Waals surface area (Å²) in [6.07, 6.45) is 17.5. The van der Waals surface area contributed by atoms with Crippen LogP contribution in [0.5, 0.6) is 0 Å². The van der Waals surface area contributed by atoms with Crippen LogP contribution in [-0.2, 0) is 85.3 Å². The lowest BCUT2D eigenvalue weighted by Gasteiger charge is -2.58. The predicted octanol–water partition coefficient (Wildman–Crippen LogP) is 7.62. The number of alkyl carbamates (subject to hydrolysis) is 1. The number of allylic oxidation sites excluding steroid dienone is 1. The number of hydrogen-bond donors (Lipinski definition) is 2. The van der Waals surface area contributed by atoms with E-state index in [1.54, 1.807) is 5.57 Å². The minimum absolute atomic E-state index is 0.00825. The molecule has 3 fully saturated rings. The summed E-state index contributed by atoms with van der Waals surface area (Å²) >= 11 is 0. The third-order valence-electron chi connectivity index (χ3n) is 16.7. The molecule has 0 spiro atoms. The highest BCUT2D eigenvalue weighted by Gasteiger charge is 2.58. The Morgan fingerprint density at radius 1 is 0.494 bits per heavy atom. The Morgan fingerprint density at radius 2 is 0.880 bits per heavy atom. The van der Waals surface area contributed by atoms with Crippen LogP contribution in [0.1, 0.15) is 111 Å². The number of amides is 1. The van der Waals surface area contributed by atoms with Crippen LogP contribution in [0, 0.1) is 40.4 Å². The first kappa shape index (κ1) is 73.3. The topological polar surface area (TPSA) is 223 Å². The van der Waals surface area contributed by atoms with E-state index in [0.717, 1.165) is 48.9 Å². The van der Waals surface area contributed by atoms with Gasteiger partial charge in [0.05, 0.1) is 218 Å². The first-order chi connectivity index (χ1) is 40.6. The van der Waals surface area contributed by atoms with Crippen molar-refractivity contribution < 1.29 is 95.2 Å². The highest BCUT2D eigenvalue weighted by atomic mass is 16.6. The molecule has 4 rings (SSSR count). The smallest absolute Gasteiger partial charge is 0.407 e. The lowest BCUT2D eigenvalue weighted by Crippen LogP contribution is -2.50. The van der Waals surface area contributed by atoms with E-state index >= 15 is 0 Å². The molecule has 0 aromatic rings. The third kappa shape index (κ3) is 33.1. The van der Waals surface area contributed by atoms with Gasteiger partial charge in [-0.15, -0.1) is 0 Å². The van der Waals surface area contributed by atoms with Gasteiger partial charge >= 0.3 is 12.1 Å². The number of rotatable bonds is 57. The molecule has 21 nitrogen and oxygen atoms in total. The average Bonchev–Trinajstić information content (AvgIpc) is 3.56. The molecule has 0 bridgehead atoms. The van der Waals surface area contributed by atoms with Crippen LogP contribution in [0.15, 0.2) is 11.6 Å². The number of carbonyl (C=O) groups excluding carboxylic acids is 1. The molecule has 0 aromatic heterocycles. The summed E-state index contributed by atoms with van der Waals surface area (Å²) in [6.45, 7) is 24.9. The quantitative estimate of drug-likeness (QED) is 0.0441. The van der Waals surface area contributed by atoms with E-state index in [1.807, 2.05) is 0 Å². The van der Waals surface area contributed by atoms with Crippen LogP contribution in [0.2, 0.25) is 0 Å². The molecule has 7 unspecified atom stereocenters. The number of aliphatic carboxylic acids is 1. The van der Waals surface area contributed by atoms with Gasteiger partial charge in [0.1, 0.15) is 6.10 Å². The summed E-state index contributed by atoms with van der Waals surface area (Å²) in [5, 5.41) is 11.4. The lowest BCUT2D eigenvalue weighted by atomic mass is 9.47. The largest absolute Gasteiger partial charge is 0.481 e. The fraction of sp³-hybridized carbons (Fsp3) is 0.935. The van der Waals surface area contributed by atoms with E-state index in [2.05, 4.69) is 39.1 Å². The fourth-order valence-corrected chi connectivity index (χ4v) is 12.2. The van der Waals surface area contributed by atoms with E-state index < -0.39 is 5.97 Å². The molecule has 0 heterocycles. The van der Waals surface area contributed by atoms with Crippen molar-refractivity contribution in [3.8, 4) is 0 Å². The monoisotopic (exact) mass is 1190 g/mol. The molecule has 7 atom stereocenters. The van der Waals surface area contributed by atoms with Gasteiger partial charge in [-0.3, -0.25) is 4.79 Å². The zero-order valence-corrected chi connectivity index (χ0v) is 51.8. The van der Waals surface area contributed by atoms with Crippen LogP contribution in [-0.4, -0.2) is 241 Å². The summed E-state index contributed by atoms with van der Waals surface area (Å²) in [4.78, 5) is 23.1. The number of carboxylic acids is 1. The highest BCUT2D eigenvalue weighted by molar-refractivity contribution is 5.67. The van der Waals surface area contributed by atoms with Crippen LogP contribution in [0.3, 0.4) is 0 Å². The molecule has 21 heteroatoms. The number of fused-ring (bicyclic) bond motifs is 5. The third-order valence-corrected chi connectivity index (χ3v) is 16.7. The minimum atomic E-state index is -0.878. The molecule has 1 amide bonds. The van der Waals surface area contributed by atoms with Gasteiger partial charge in [-0.1, -0.05) is 58.6 Å². The predicted molar refractivity (Wildman–Crippen MR) is 312 cm³/mol. The number of carbonyl (C=O) groups is 2. The summed E-state index contributed by atoms with van der Waals surface area (Å²) in [7, 11) is 0. The maximum atomic E-state index is 12.7. The van der Waals surface area contributed by atoms with Gasteiger partial charge in [0, 0.05) is 13.0 Å². The standard InChI is InChI=1S/C62H113NO20/c1-52(2)7-5-6-8-53-10-12-57-56-11-9-54-51-55(13-16-62(54,4)58(56)14-17-61(53,57)3)83-60(66)63-18-20-68-22-24-70-26-28-72-30-32-74-34-36-76-38-40-78-42-44-80-46-48-82-50-49-81-47-45-79-43-41-77-39-37-75-35-33-73-31-29-71-27-25-69-23-21-67-19-15-59(64)65/h9,52-53,55-58H,5-8,10-51H2,1-4H3,(H,63,66)(H,64,65). The second-order valence-electron chi connectivity index (χ2n) is 22.9. The van der Waals surface area contributed by atoms with Gasteiger partial charge < -0.3 is 90.9 Å². The van der Waals surface area contributed by atoms with Crippen LogP contribution >= 0.6 is 0 Å². The van der Waals surface area contributed by atoms with Gasteiger partial charge in [-0.2, -0.15) is 0 Å². The van der Waals surface area contributed by atoms with Crippen LogP contribution < -0.4 is 5.32 Å². The van der Waals surface area contributed by atoms with Crippen LogP contribution in [0.25, 0.3) is 0 Å². The molecule has 4 aliphatic rings. The van der Waals surface area contributed by atoms with Crippen molar-refractivity contribution >= 4 is 12.1 Å². The molecule has 486 valence electrons. The lowest BCUT2D eigenvalue weighted by molar-refractivity contribution is -0.138. The molecule has 4 aliphatic carbocycles. The molecular formula is C62H113NO20. The zero-order valence-electron chi connectivity index (χ0n) is 51.8. The summed E-state index contributed by atoms with van der Waals surface area (Å²) in [5.74, 6) is 3.31.